The van der Waals surface area contributed by atoms with Gasteiger partial charge in [-0.15, -0.1) is 0 Å². The van der Waals surface area contributed by atoms with Crippen LogP contribution in [-0.4, -0.2) is 27.8 Å². The molecule has 1 aromatic heterocycles. The summed E-state index contributed by atoms with van der Waals surface area (Å²) in [5, 5.41) is 7.54. The lowest BCUT2D eigenvalue weighted by molar-refractivity contribution is -0.129. The van der Waals surface area contributed by atoms with Crippen molar-refractivity contribution in [2.45, 2.75) is 39.5 Å². The van der Waals surface area contributed by atoms with Gasteiger partial charge in [0.25, 0.3) is 11.5 Å². The zero-order valence-corrected chi connectivity index (χ0v) is 16.7. The highest BCUT2D eigenvalue weighted by atomic mass is 19.1. The summed E-state index contributed by atoms with van der Waals surface area (Å²) in [6, 6.07) is 12.4. The number of carbonyl (C=O) groups is 2. The summed E-state index contributed by atoms with van der Waals surface area (Å²) in [7, 11) is 0. The molecule has 156 valence electrons. The maximum absolute atomic E-state index is 13.0. The van der Waals surface area contributed by atoms with Gasteiger partial charge >= 0.3 is 5.97 Å². The molecule has 3 rings (SSSR count). The first-order valence-electron chi connectivity index (χ1n) is 9.63. The van der Waals surface area contributed by atoms with Gasteiger partial charge in [-0.1, -0.05) is 37.3 Å². The molecule has 0 bridgehead atoms. The number of ether oxygens (including phenoxy) is 1. The topological polar surface area (TPSA) is 90.3 Å². The normalized spacial score (nSPS) is 11.8. The van der Waals surface area contributed by atoms with E-state index in [0.29, 0.717) is 29.3 Å². The van der Waals surface area contributed by atoms with Crippen LogP contribution in [0.3, 0.4) is 0 Å². The number of carbonyl (C=O) groups excluding carboxylic acids is 2. The molecule has 0 aliphatic rings. The van der Waals surface area contributed by atoms with Gasteiger partial charge in [-0.3, -0.25) is 9.59 Å². The molecule has 8 heteroatoms. The van der Waals surface area contributed by atoms with Crippen LogP contribution < -0.4 is 10.9 Å². The fourth-order valence-corrected chi connectivity index (χ4v) is 2.95. The lowest BCUT2D eigenvalue weighted by Crippen LogP contribution is -2.36. The van der Waals surface area contributed by atoms with Crippen LogP contribution in [0.1, 0.15) is 36.3 Å². The fraction of sp³-hybridized carbons (Fsp3) is 0.273. The Kier molecular flexibility index (Phi) is 6.56. The Morgan fingerprint density at radius 2 is 1.80 bits per heavy atom. The lowest BCUT2D eigenvalue weighted by atomic mass is 10.1. The van der Waals surface area contributed by atoms with Crippen LogP contribution >= 0.6 is 0 Å². The minimum atomic E-state index is -1.08. The number of hydrogen-bond donors (Lipinski definition) is 1. The molecule has 3 aromatic rings. The Morgan fingerprint density at radius 3 is 2.47 bits per heavy atom. The molecule has 0 fully saturated rings. The van der Waals surface area contributed by atoms with Crippen LogP contribution in [0.4, 0.5) is 4.39 Å². The highest BCUT2D eigenvalue weighted by molar-refractivity contribution is 6.02. The molecule has 30 heavy (non-hydrogen) atoms. The second-order valence-electron chi connectivity index (χ2n) is 6.81. The highest BCUT2D eigenvalue weighted by Gasteiger charge is 2.23. The minimum Gasteiger partial charge on any atom is -0.448 e. The minimum absolute atomic E-state index is 0.0168. The molecule has 2 aromatic carbocycles. The van der Waals surface area contributed by atoms with Gasteiger partial charge in [0.15, 0.2) is 11.8 Å². The molecule has 1 atom stereocenters. The van der Waals surface area contributed by atoms with Crippen LogP contribution in [0, 0.1) is 5.82 Å². The number of nitrogens with one attached hydrogen (secondary N) is 1. The molecular formula is C22H22FN3O4. The number of halogens is 1. The van der Waals surface area contributed by atoms with Gasteiger partial charge in [0.2, 0.25) is 0 Å². The first-order valence-corrected chi connectivity index (χ1v) is 9.63. The summed E-state index contributed by atoms with van der Waals surface area (Å²) < 4.78 is 19.5. The van der Waals surface area contributed by atoms with E-state index in [4.69, 9.17) is 4.74 Å². The van der Waals surface area contributed by atoms with Crippen LogP contribution in [-0.2, 0) is 22.6 Å². The number of hydrogen-bond acceptors (Lipinski definition) is 5. The Labute approximate surface area is 172 Å². The second kappa shape index (κ2) is 9.30. The molecule has 0 aliphatic carbocycles. The van der Waals surface area contributed by atoms with E-state index in [1.807, 2.05) is 6.92 Å². The van der Waals surface area contributed by atoms with Gasteiger partial charge in [-0.2, -0.15) is 5.10 Å². The first kappa shape index (κ1) is 21.2. The summed E-state index contributed by atoms with van der Waals surface area (Å²) in [6.07, 6.45) is -0.410. The average molecular weight is 411 g/mol. The monoisotopic (exact) mass is 411 g/mol. The number of esters is 1. The number of rotatable bonds is 7. The summed E-state index contributed by atoms with van der Waals surface area (Å²) in [4.78, 5) is 37.6. The van der Waals surface area contributed by atoms with Crippen molar-refractivity contribution in [2.24, 2.45) is 0 Å². The van der Waals surface area contributed by atoms with Gasteiger partial charge in [0, 0.05) is 18.5 Å². The summed E-state index contributed by atoms with van der Waals surface area (Å²) in [5.74, 6) is -1.66. The van der Waals surface area contributed by atoms with E-state index in [9.17, 15) is 18.8 Å². The predicted octanol–water partition coefficient (Wildman–Crippen LogP) is 2.81. The number of aryl methyl sites for hydroxylation is 1. The van der Waals surface area contributed by atoms with E-state index in [0.717, 1.165) is 0 Å². The smallest absolute Gasteiger partial charge is 0.360 e. The molecule has 7 nitrogen and oxygen atoms in total. The lowest BCUT2D eigenvalue weighted by Gasteiger charge is -2.15. The SMILES string of the molecule is CCCn1nc(C(=O)O[C@@H](C)C(=O)NCc2ccc(F)cc2)c2ccccc2c1=O. The molecule has 0 saturated carbocycles. The molecule has 0 radical (unpaired) electrons. The molecular weight excluding hydrogens is 389 g/mol. The second-order valence-corrected chi connectivity index (χ2v) is 6.81. The average Bonchev–Trinajstić information content (AvgIpc) is 2.75. The van der Waals surface area contributed by atoms with E-state index in [1.54, 1.807) is 36.4 Å². The van der Waals surface area contributed by atoms with Crippen molar-refractivity contribution in [3.63, 3.8) is 0 Å². The quantitative estimate of drug-likeness (QED) is 0.604. The molecule has 1 N–H and O–H groups in total. The third-order valence-electron chi connectivity index (χ3n) is 4.53. The number of aromatic nitrogens is 2. The van der Waals surface area contributed by atoms with Crippen molar-refractivity contribution in [3.8, 4) is 0 Å². The van der Waals surface area contributed by atoms with Gasteiger partial charge in [0.1, 0.15) is 5.82 Å². The van der Waals surface area contributed by atoms with Gasteiger partial charge in [-0.05, 0) is 37.1 Å². The number of fused-ring (bicyclic) bond motifs is 1. The van der Waals surface area contributed by atoms with Crippen molar-refractivity contribution in [1.82, 2.24) is 15.1 Å². The molecule has 0 aliphatic heterocycles. The molecule has 0 spiro atoms. The number of benzene rings is 2. The van der Waals surface area contributed by atoms with Crippen molar-refractivity contribution < 1.29 is 18.7 Å². The standard InChI is InChI=1S/C22H22FN3O4/c1-3-12-26-21(28)18-7-5-4-6-17(18)19(25-26)22(29)30-14(2)20(27)24-13-15-8-10-16(23)11-9-15/h4-11,14H,3,12-13H2,1-2H3,(H,24,27)/t14-/m0/s1. The third kappa shape index (κ3) is 4.71. The number of nitrogens with zero attached hydrogens (tertiary/aromatic N) is 2. The Bertz CT molecular complexity index is 1130. The molecule has 0 saturated heterocycles. The summed E-state index contributed by atoms with van der Waals surface area (Å²) in [6.45, 7) is 3.87. The summed E-state index contributed by atoms with van der Waals surface area (Å²) in [5.41, 5.74) is 0.411. The predicted molar refractivity (Wildman–Crippen MR) is 109 cm³/mol. The van der Waals surface area contributed by atoms with Gasteiger partial charge < -0.3 is 10.1 Å². The van der Waals surface area contributed by atoms with Crippen LogP contribution in [0.2, 0.25) is 0 Å². The van der Waals surface area contributed by atoms with Crippen molar-refractivity contribution in [1.29, 1.82) is 0 Å². The zero-order chi connectivity index (χ0) is 21.7. The Balaban J connectivity index is 1.75. The molecule has 1 heterocycles. The molecule has 1 amide bonds. The van der Waals surface area contributed by atoms with Gasteiger partial charge in [-0.25, -0.2) is 13.9 Å². The van der Waals surface area contributed by atoms with E-state index in [2.05, 4.69) is 10.4 Å². The number of amides is 1. The van der Waals surface area contributed by atoms with Crippen LogP contribution in [0.25, 0.3) is 10.8 Å². The van der Waals surface area contributed by atoms with E-state index < -0.39 is 18.0 Å². The summed E-state index contributed by atoms with van der Waals surface area (Å²) >= 11 is 0. The van der Waals surface area contributed by atoms with Crippen LogP contribution in [0.5, 0.6) is 0 Å². The fourth-order valence-electron chi connectivity index (χ4n) is 2.95. The van der Waals surface area contributed by atoms with Crippen molar-refractivity contribution in [3.05, 3.63) is 76.0 Å². The van der Waals surface area contributed by atoms with E-state index >= 15 is 0 Å². The molecule has 0 unspecified atom stereocenters. The van der Waals surface area contributed by atoms with Crippen molar-refractivity contribution >= 4 is 22.6 Å². The Hall–Kier alpha value is -3.55. The zero-order valence-electron chi connectivity index (χ0n) is 16.7. The Morgan fingerprint density at radius 1 is 1.13 bits per heavy atom. The van der Waals surface area contributed by atoms with Crippen LogP contribution in [0.15, 0.2) is 53.3 Å². The largest absolute Gasteiger partial charge is 0.448 e. The van der Waals surface area contributed by atoms with E-state index in [-0.39, 0.29) is 23.6 Å². The third-order valence-corrected chi connectivity index (χ3v) is 4.53. The highest BCUT2D eigenvalue weighted by Crippen LogP contribution is 2.15. The first-order chi connectivity index (χ1) is 14.4. The maximum atomic E-state index is 13.0. The maximum Gasteiger partial charge on any atom is 0.360 e. The van der Waals surface area contributed by atoms with E-state index in [1.165, 1.54) is 23.7 Å². The van der Waals surface area contributed by atoms with Crippen molar-refractivity contribution in [2.75, 3.05) is 0 Å². The van der Waals surface area contributed by atoms with Gasteiger partial charge in [0.05, 0.1) is 5.39 Å².